The van der Waals surface area contributed by atoms with Gasteiger partial charge in [-0.05, 0) is 57.2 Å². The Morgan fingerprint density at radius 1 is 1.33 bits per heavy atom. The van der Waals surface area contributed by atoms with Crippen molar-refractivity contribution >= 4 is 0 Å². The highest BCUT2D eigenvalue weighted by Crippen LogP contribution is 2.25. The number of likely N-dealkylation sites (tertiary alicyclic amines) is 1. The zero-order valence-corrected chi connectivity index (χ0v) is 13.9. The van der Waals surface area contributed by atoms with E-state index in [0.717, 1.165) is 31.2 Å². The molecule has 0 amide bonds. The molecule has 2 N–H and O–H groups in total. The largest absolute Gasteiger partial charge is 0.491 e. The minimum atomic E-state index is -0.281. The molecule has 1 fully saturated rings. The van der Waals surface area contributed by atoms with Crippen LogP contribution in [-0.4, -0.2) is 29.8 Å². The molecule has 1 saturated heterocycles. The third-order valence-corrected chi connectivity index (χ3v) is 4.34. The van der Waals surface area contributed by atoms with Crippen molar-refractivity contribution in [1.29, 1.82) is 0 Å². The number of benzene rings is 1. The van der Waals surface area contributed by atoms with Gasteiger partial charge in [-0.25, -0.2) is 0 Å². The molecule has 1 aliphatic heterocycles. The average Bonchev–Trinajstić information content (AvgIpc) is 2.38. The predicted molar refractivity (Wildman–Crippen MR) is 88.5 cm³/mol. The molecule has 1 heterocycles. The highest BCUT2D eigenvalue weighted by Gasteiger charge is 2.30. The Morgan fingerprint density at radius 3 is 2.62 bits per heavy atom. The van der Waals surface area contributed by atoms with E-state index in [2.05, 4.69) is 50.8 Å². The number of rotatable bonds is 5. The van der Waals surface area contributed by atoms with Gasteiger partial charge in [0.2, 0.25) is 0 Å². The first-order chi connectivity index (χ1) is 9.87. The molecule has 0 bridgehead atoms. The highest BCUT2D eigenvalue weighted by molar-refractivity contribution is 5.29. The van der Waals surface area contributed by atoms with E-state index in [0.29, 0.717) is 0 Å². The lowest BCUT2D eigenvalue weighted by atomic mass is 9.93. The first kappa shape index (κ1) is 16.3. The normalized spacial score (nSPS) is 20.5. The van der Waals surface area contributed by atoms with Crippen LogP contribution in [-0.2, 0) is 6.42 Å². The van der Waals surface area contributed by atoms with Crippen LogP contribution in [0, 0.1) is 5.92 Å². The summed E-state index contributed by atoms with van der Waals surface area (Å²) < 4.78 is 5.77. The maximum atomic E-state index is 6.61. The fourth-order valence-corrected chi connectivity index (χ4v) is 3.05. The molecule has 3 heteroatoms. The molecule has 3 nitrogen and oxygen atoms in total. The molecule has 1 aromatic rings. The Morgan fingerprint density at radius 2 is 2.00 bits per heavy atom. The van der Waals surface area contributed by atoms with Gasteiger partial charge < -0.3 is 10.5 Å². The fraction of sp³-hybridized carbons (Fsp3) is 0.667. The van der Waals surface area contributed by atoms with E-state index in [4.69, 9.17) is 10.5 Å². The zero-order chi connectivity index (χ0) is 15.5. The minimum absolute atomic E-state index is 0.202. The van der Waals surface area contributed by atoms with Crippen molar-refractivity contribution in [3.8, 4) is 5.75 Å². The average molecular weight is 290 g/mol. The van der Waals surface area contributed by atoms with Crippen molar-refractivity contribution < 1.29 is 4.74 Å². The Hall–Kier alpha value is -1.06. The number of nitrogens with two attached hydrogens (primary N) is 1. The lowest BCUT2D eigenvalue weighted by Gasteiger charge is -2.42. The second-order valence-corrected chi connectivity index (χ2v) is 7.02. The summed E-state index contributed by atoms with van der Waals surface area (Å²) >= 11 is 0. The third kappa shape index (κ3) is 4.72. The summed E-state index contributed by atoms with van der Waals surface area (Å²) in [5, 5.41) is 0. The molecule has 0 radical (unpaired) electrons. The van der Waals surface area contributed by atoms with E-state index < -0.39 is 0 Å². The quantitative estimate of drug-likeness (QED) is 0.903. The van der Waals surface area contributed by atoms with Crippen molar-refractivity contribution in [2.75, 3.05) is 13.1 Å². The van der Waals surface area contributed by atoms with Gasteiger partial charge in [-0.2, -0.15) is 0 Å². The van der Waals surface area contributed by atoms with Gasteiger partial charge in [0.1, 0.15) is 5.75 Å². The molecular formula is C18H30N2O. The molecule has 0 saturated carbocycles. The Bertz CT molecular complexity index is 448. The number of nitrogens with zero attached hydrogens (tertiary/aromatic N) is 1. The number of hydrogen-bond acceptors (Lipinski definition) is 3. The molecule has 0 aromatic heterocycles. The lowest BCUT2D eigenvalue weighted by molar-refractivity contribution is 0.0694. The summed E-state index contributed by atoms with van der Waals surface area (Å²) in [4.78, 5) is 2.43. The van der Waals surface area contributed by atoms with E-state index in [9.17, 15) is 0 Å². The number of hydrogen-bond donors (Lipinski definition) is 1. The van der Waals surface area contributed by atoms with Crippen LogP contribution in [0.2, 0.25) is 0 Å². The first-order valence-corrected chi connectivity index (χ1v) is 8.16. The second kappa shape index (κ2) is 6.80. The van der Waals surface area contributed by atoms with Crippen LogP contribution in [0.1, 0.15) is 46.1 Å². The summed E-state index contributed by atoms with van der Waals surface area (Å²) in [6, 6.07) is 8.34. The van der Waals surface area contributed by atoms with Gasteiger partial charge in [-0.3, -0.25) is 4.90 Å². The van der Waals surface area contributed by atoms with Gasteiger partial charge in [0.15, 0.2) is 0 Å². The topological polar surface area (TPSA) is 38.5 Å². The van der Waals surface area contributed by atoms with Crippen LogP contribution in [0.3, 0.4) is 0 Å². The summed E-state index contributed by atoms with van der Waals surface area (Å²) in [5.41, 5.74) is 7.57. The van der Waals surface area contributed by atoms with Crippen molar-refractivity contribution in [2.45, 2.75) is 58.7 Å². The van der Waals surface area contributed by atoms with Crippen LogP contribution in [0.4, 0.5) is 0 Å². The Kier molecular flexibility index (Phi) is 5.28. The van der Waals surface area contributed by atoms with Crippen LogP contribution in [0.15, 0.2) is 24.3 Å². The molecule has 0 spiro atoms. The monoisotopic (exact) mass is 290 g/mol. The standard InChI is InChI=1S/C18H30N2O/c1-14(2)21-17-7-5-6-16(12-17)13-18(4,19)20-10-8-15(3)9-11-20/h5-7,12,14-15H,8-11,13,19H2,1-4H3. The smallest absolute Gasteiger partial charge is 0.119 e. The van der Waals surface area contributed by atoms with Gasteiger partial charge in [0, 0.05) is 19.5 Å². The van der Waals surface area contributed by atoms with E-state index in [1.807, 2.05) is 6.07 Å². The number of ether oxygens (including phenoxy) is 1. The van der Waals surface area contributed by atoms with Gasteiger partial charge in [-0.15, -0.1) is 0 Å². The van der Waals surface area contributed by atoms with Crippen molar-refractivity contribution in [1.82, 2.24) is 4.90 Å². The van der Waals surface area contributed by atoms with Crippen LogP contribution >= 0.6 is 0 Å². The maximum absolute atomic E-state index is 6.61. The highest BCUT2D eigenvalue weighted by atomic mass is 16.5. The van der Waals surface area contributed by atoms with Crippen LogP contribution < -0.4 is 10.5 Å². The first-order valence-electron chi connectivity index (χ1n) is 8.16. The molecule has 0 aliphatic carbocycles. The lowest BCUT2D eigenvalue weighted by Crippen LogP contribution is -2.57. The molecule has 1 atom stereocenters. The maximum Gasteiger partial charge on any atom is 0.119 e. The van der Waals surface area contributed by atoms with E-state index in [1.165, 1.54) is 18.4 Å². The summed E-state index contributed by atoms with van der Waals surface area (Å²) in [5.74, 6) is 1.77. The van der Waals surface area contributed by atoms with E-state index in [1.54, 1.807) is 0 Å². The van der Waals surface area contributed by atoms with Crippen LogP contribution in [0.25, 0.3) is 0 Å². The SMILES string of the molecule is CC1CCN(C(C)(N)Cc2cccc(OC(C)C)c2)CC1. The third-order valence-electron chi connectivity index (χ3n) is 4.34. The molecule has 118 valence electrons. The van der Waals surface area contributed by atoms with Gasteiger partial charge in [0.05, 0.1) is 11.8 Å². The van der Waals surface area contributed by atoms with Gasteiger partial charge in [-0.1, -0.05) is 19.1 Å². The van der Waals surface area contributed by atoms with E-state index in [-0.39, 0.29) is 11.8 Å². The molecular weight excluding hydrogens is 260 g/mol. The summed E-state index contributed by atoms with van der Waals surface area (Å²) in [6.07, 6.45) is 3.57. The fourth-order valence-electron chi connectivity index (χ4n) is 3.05. The van der Waals surface area contributed by atoms with Crippen molar-refractivity contribution in [2.24, 2.45) is 11.7 Å². The molecule has 1 aliphatic rings. The minimum Gasteiger partial charge on any atom is -0.491 e. The molecule has 2 rings (SSSR count). The van der Waals surface area contributed by atoms with Crippen molar-refractivity contribution in [3.05, 3.63) is 29.8 Å². The predicted octanol–water partition coefficient (Wildman–Crippen LogP) is 3.42. The van der Waals surface area contributed by atoms with Crippen LogP contribution in [0.5, 0.6) is 5.75 Å². The molecule has 1 unspecified atom stereocenters. The molecule has 21 heavy (non-hydrogen) atoms. The Labute approximate surface area is 129 Å². The van der Waals surface area contributed by atoms with Gasteiger partial charge >= 0.3 is 0 Å². The van der Waals surface area contributed by atoms with Crippen molar-refractivity contribution in [3.63, 3.8) is 0 Å². The summed E-state index contributed by atoms with van der Waals surface area (Å²) in [6.45, 7) is 10.8. The second-order valence-electron chi connectivity index (χ2n) is 7.02. The number of piperidine rings is 1. The van der Waals surface area contributed by atoms with E-state index >= 15 is 0 Å². The Balaban J connectivity index is 2.02. The van der Waals surface area contributed by atoms with Gasteiger partial charge in [0.25, 0.3) is 0 Å². The zero-order valence-electron chi connectivity index (χ0n) is 13.9. The molecule has 1 aromatic carbocycles. The summed E-state index contributed by atoms with van der Waals surface area (Å²) in [7, 11) is 0.